The first kappa shape index (κ1) is 15.3. The maximum atomic E-state index is 13.3. The molecular formula is C13H8BrF5O3. The lowest BCUT2D eigenvalue weighted by atomic mass is 9.99. The fraction of sp³-hybridized carbons (Fsp3) is 0.308. The van der Waals surface area contributed by atoms with E-state index >= 15 is 0 Å². The van der Waals surface area contributed by atoms with Gasteiger partial charge in [-0.2, -0.15) is 13.2 Å². The highest BCUT2D eigenvalue weighted by Crippen LogP contribution is 2.43. The third-order valence-electron chi connectivity index (χ3n) is 2.83. The highest BCUT2D eigenvalue weighted by Gasteiger charge is 2.49. The topological polar surface area (TPSA) is 35.5 Å². The normalized spacial score (nSPS) is 18.8. The van der Waals surface area contributed by atoms with E-state index in [0.717, 1.165) is 19.3 Å². The third-order valence-corrected chi connectivity index (χ3v) is 3.29. The molecule has 0 amide bonds. The number of fused-ring (bicyclic) bond motifs is 1. The summed E-state index contributed by atoms with van der Waals surface area (Å²) >= 11 is 2.92. The number of hydrogen-bond acceptors (Lipinski definition) is 3. The number of esters is 1. The second-order valence-electron chi connectivity index (χ2n) is 4.26. The lowest BCUT2D eigenvalue weighted by Crippen LogP contribution is -2.40. The van der Waals surface area contributed by atoms with Crippen molar-refractivity contribution < 1.29 is 37.6 Å². The van der Waals surface area contributed by atoms with E-state index in [9.17, 15) is 26.7 Å². The molecule has 120 valence electrons. The van der Waals surface area contributed by atoms with E-state index in [1.165, 1.54) is 6.07 Å². The van der Waals surface area contributed by atoms with Crippen molar-refractivity contribution in [2.24, 2.45) is 0 Å². The Morgan fingerprint density at radius 1 is 1.45 bits per heavy atom. The molecule has 0 radical (unpaired) electrons. The first-order chi connectivity index (χ1) is 10.4. The molecule has 0 saturated heterocycles. The molecule has 0 aliphatic carbocycles. The number of alkyl halides is 5. The highest BCUT2D eigenvalue weighted by molar-refractivity contribution is 9.10. The number of ether oxygens (including phenoxy) is 2. The average Bonchev–Trinajstić information content (AvgIpc) is 2.42. The van der Waals surface area contributed by atoms with Crippen molar-refractivity contribution in [3.8, 4) is 5.75 Å². The van der Waals surface area contributed by atoms with Gasteiger partial charge in [0.05, 0.1) is 18.2 Å². The molecule has 0 spiro atoms. The summed E-state index contributed by atoms with van der Waals surface area (Å²) in [5.41, 5.74) is -2.11. The van der Waals surface area contributed by atoms with E-state index in [4.69, 9.17) is 1.37 Å². The lowest BCUT2D eigenvalue weighted by molar-refractivity contribution is -0.187. The molecule has 0 fully saturated rings. The molecule has 2 rings (SSSR count). The molecule has 3 nitrogen and oxygen atoms in total. The predicted molar refractivity (Wildman–Crippen MR) is 69.6 cm³/mol. The van der Waals surface area contributed by atoms with Crippen LogP contribution in [0, 0.1) is 0 Å². The van der Waals surface area contributed by atoms with E-state index in [0.29, 0.717) is 0 Å². The third kappa shape index (κ3) is 3.08. The largest absolute Gasteiger partial charge is 0.475 e. The number of benzene rings is 1. The summed E-state index contributed by atoms with van der Waals surface area (Å²) in [5, 5.41) is 0. The van der Waals surface area contributed by atoms with Crippen LogP contribution in [0.3, 0.4) is 0 Å². The molecule has 1 aliphatic rings. The second kappa shape index (κ2) is 5.86. The van der Waals surface area contributed by atoms with Gasteiger partial charge < -0.3 is 9.47 Å². The van der Waals surface area contributed by atoms with Crippen LogP contribution in [0.5, 0.6) is 5.75 Å². The van der Waals surface area contributed by atoms with Crippen LogP contribution in [-0.4, -0.2) is 25.4 Å². The zero-order chi connectivity index (χ0) is 17.6. The standard InChI is InChI=1S/C13H8BrF5O3/c1-21-12(20)8-3-5-2-6(14)4-7(11(15)16)9(5)22-10(8)13(17,18)19/h2-4,10-11H,1H3/t10-/m0/s1/i11D. The van der Waals surface area contributed by atoms with Crippen LogP contribution in [-0.2, 0) is 9.53 Å². The Morgan fingerprint density at radius 3 is 2.59 bits per heavy atom. The monoisotopic (exact) mass is 387 g/mol. The summed E-state index contributed by atoms with van der Waals surface area (Å²) < 4.78 is 81.7. The van der Waals surface area contributed by atoms with Crippen LogP contribution in [0.2, 0.25) is 0 Å². The van der Waals surface area contributed by atoms with Gasteiger partial charge in [0, 0.05) is 10.0 Å². The Morgan fingerprint density at radius 2 is 2.09 bits per heavy atom. The van der Waals surface area contributed by atoms with Crippen LogP contribution in [0.4, 0.5) is 22.0 Å². The van der Waals surface area contributed by atoms with Gasteiger partial charge in [0.15, 0.2) is 0 Å². The van der Waals surface area contributed by atoms with Gasteiger partial charge in [-0.1, -0.05) is 15.9 Å². The Kier molecular flexibility index (Phi) is 4.07. The second-order valence-corrected chi connectivity index (χ2v) is 5.18. The Labute approximate surface area is 131 Å². The minimum Gasteiger partial charge on any atom is -0.475 e. The first-order valence-electron chi connectivity index (χ1n) is 6.20. The van der Waals surface area contributed by atoms with E-state index in [2.05, 4.69) is 25.4 Å². The van der Waals surface area contributed by atoms with Crippen LogP contribution >= 0.6 is 15.9 Å². The molecule has 1 heterocycles. The molecule has 1 aromatic rings. The molecule has 0 bridgehead atoms. The van der Waals surface area contributed by atoms with Gasteiger partial charge in [0.1, 0.15) is 7.12 Å². The summed E-state index contributed by atoms with van der Waals surface area (Å²) in [7, 11) is 0.885. The summed E-state index contributed by atoms with van der Waals surface area (Å²) in [6.45, 7) is 0. The van der Waals surface area contributed by atoms with Crippen molar-refractivity contribution in [3.05, 3.63) is 33.3 Å². The summed E-state index contributed by atoms with van der Waals surface area (Å²) in [6, 6.07) is 1.98. The zero-order valence-corrected chi connectivity index (χ0v) is 12.4. The molecule has 0 unspecified atom stereocenters. The quantitative estimate of drug-likeness (QED) is 0.561. The number of carbonyl (C=O) groups excluding carboxylic acids is 1. The maximum Gasteiger partial charge on any atom is 0.430 e. The molecular weight excluding hydrogens is 379 g/mol. The summed E-state index contributed by atoms with van der Waals surface area (Å²) in [4.78, 5) is 11.5. The predicted octanol–water partition coefficient (Wildman–Crippen LogP) is 4.27. The molecule has 0 N–H and O–H groups in total. The van der Waals surface area contributed by atoms with Gasteiger partial charge in [0.25, 0.3) is 6.40 Å². The van der Waals surface area contributed by atoms with Crippen LogP contribution in [0.25, 0.3) is 6.08 Å². The summed E-state index contributed by atoms with van der Waals surface area (Å²) in [5.74, 6) is -2.10. The van der Waals surface area contributed by atoms with Crippen molar-refractivity contribution in [3.63, 3.8) is 0 Å². The molecule has 1 aliphatic heterocycles. The number of rotatable bonds is 2. The van der Waals surface area contributed by atoms with Gasteiger partial charge >= 0.3 is 12.1 Å². The van der Waals surface area contributed by atoms with Crippen molar-refractivity contribution in [1.29, 1.82) is 0 Å². The maximum absolute atomic E-state index is 13.3. The molecule has 1 atom stereocenters. The number of halogens is 6. The number of hydrogen-bond donors (Lipinski definition) is 0. The van der Waals surface area contributed by atoms with Gasteiger partial charge in [0.2, 0.25) is 6.10 Å². The van der Waals surface area contributed by atoms with E-state index in [1.807, 2.05) is 0 Å². The van der Waals surface area contributed by atoms with Crippen molar-refractivity contribution in [1.82, 2.24) is 0 Å². The Bertz CT molecular complexity index is 681. The van der Waals surface area contributed by atoms with Crippen molar-refractivity contribution in [2.45, 2.75) is 18.7 Å². The van der Waals surface area contributed by atoms with E-state index in [-0.39, 0.29) is 10.0 Å². The van der Waals surface area contributed by atoms with Gasteiger partial charge in [-0.05, 0) is 18.2 Å². The smallest absolute Gasteiger partial charge is 0.430 e. The highest BCUT2D eigenvalue weighted by atomic mass is 79.9. The minimum absolute atomic E-state index is 0.0905. The van der Waals surface area contributed by atoms with Crippen molar-refractivity contribution in [2.75, 3.05) is 7.11 Å². The van der Waals surface area contributed by atoms with E-state index in [1.54, 1.807) is 0 Å². The molecule has 22 heavy (non-hydrogen) atoms. The van der Waals surface area contributed by atoms with Gasteiger partial charge in [-0.3, -0.25) is 0 Å². The van der Waals surface area contributed by atoms with Crippen LogP contribution in [0.15, 0.2) is 22.2 Å². The van der Waals surface area contributed by atoms with Crippen LogP contribution < -0.4 is 4.74 Å². The molecule has 0 saturated carbocycles. The minimum atomic E-state index is -5.03. The summed E-state index contributed by atoms with van der Waals surface area (Å²) in [6.07, 6.45) is -11.2. The van der Waals surface area contributed by atoms with Crippen molar-refractivity contribution >= 4 is 28.0 Å². The van der Waals surface area contributed by atoms with Gasteiger partial charge in [-0.15, -0.1) is 0 Å². The van der Waals surface area contributed by atoms with Gasteiger partial charge in [-0.25, -0.2) is 13.6 Å². The zero-order valence-electron chi connectivity index (χ0n) is 11.8. The molecule has 1 aromatic carbocycles. The molecule has 0 aromatic heterocycles. The Hall–Kier alpha value is -1.64. The molecule has 9 heteroatoms. The van der Waals surface area contributed by atoms with E-state index < -0.39 is 41.5 Å². The fourth-order valence-corrected chi connectivity index (χ4v) is 2.42. The van der Waals surface area contributed by atoms with Crippen LogP contribution in [0.1, 0.15) is 18.9 Å². The average molecular weight is 388 g/mol. The number of carbonyl (C=O) groups is 1. The lowest BCUT2D eigenvalue weighted by Gasteiger charge is -2.29. The number of methoxy groups -OCH3 is 1. The Balaban J connectivity index is 2.70. The SMILES string of the molecule is [2H]C(F)(F)c1cc(Br)cc2c1O[C@H](C(F)(F)F)C(C(=O)OC)=C2. The fourth-order valence-electron chi connectivity index (χ4n) is 1.95. The first-order valence-corrected chi connectivity index (χ1v) is 6.49.